The van der Waals surface area contributed by atoms with Gasteiger partial charge in [0, 0.05) is 0 Å². The Kier molecular flexibility index (Phi) is 3.16. The van der Waals surface area contributed by atoms with Crippen LogP contribution in [-0.4, -0.2) is 25.7 Å². The van der Waals surface area contributed by atoms with E-state index in [-0.39, 0.29) is 0 Å². The Morgan fingerprint density at radius 2 is 1.90 bits per heavy atom. The summed E-state index contributed by atoms with van der Waals surface area (Å²) < 4.78 is 0. The van der Waals surface area contributed by atoms with E-state index in [0.29, 0.717) is 6.04 Å². The molecule has 0 aliphatic carbocycles. The smallest absolute Gasteiger partial charge is 0.131 e. The SMILES string of the molecule is CC([NH3+])C[NH+]1CCCCC1. The highest BCUT2D eigenvalue weighted by atomic mass is 15.1. The molecule has 1 atom stereocenters. The molecule has 2 heteroatoms. The third kappa shape index (κ3) is 2.67. The van der Waals surface area contributed by atoms with Gasteiger partial charge in [-0.3, -0.25) is 0 Å². The fourth-order valence-corrected chi connectivity index (χ4v) is 1.75. The standard InChI is InChI=1S/C8H18N2/c1-8(9)7-10-5-3-2-4-6-10/h8H,2-7,9H2,1H3/p+2. The van der Waals surface area contributed by atoms with E-state index in [4.69, 9.17) is 0 Å². The van der Waals surface area contributed by atoms with Crippen molar-refractivity contribution in [3.8, 4) is 0 Å². The summed E-state index contributed by atoms with van der Waals surface area (Å²) in [7, 11) is 0. The monoisotopic (exact) mass is 144 g/mol. The van der Waals surface area contributed by atoms with Crippen molar-refractivity contribution in [1.82, 2.24) is 0 Å². The molecule has 1 rings (SSSR count). The van der Waals surface area contributed by atoms with E-state index in [0.717, 1.165) is 0 Å². The molecule has 0 aromatic rings. The largest absolute Gasteiger partial charge is 0.351 e. The van der Waals surface area contributed by atoms with Crippen molar-refractivity contribution < 1.29 is 10.6 Å². The number of likely N-dealkylation sites (tertiary alicyclic amines) is 1. The van der Waals surface area contributed by atoms with Gasteiger partial charge in [0.05, 0.1) is 13.1 Å². The lowest BCUT2D eigenvalue weighted by Gasteiger charge is -2.23. The van der Waals surface area contributed by atoms with Gasteiger partial charge in [-0.15, -0.1) is 0 Å². The first-order valence-corrected chi connectivity index (χ1v) is 4.45. The maximum absolute atomic E-state index is 4.01. The molecule has 60 valence electrons. The molecule has 10 heavy (non-hydrogen) atoms. The predicted octanol–water partition coefficient (Wildman–Crippen LogP) is -1.31. The first-order valence-electron chi connectivity index (χ1n) is 4.45. The molecule has 1 saturated heterocycles. The number of rotatable bonds is 2. The van der Waals surface area contributed by atoms with Gasteiger partial charge in [0.15, 0.2) is 0 Å². The minimum atomic E-state index is 0.632. The summed E-state index contributed by atoms with van der Waals surface area (Å²) in [5, 5.41) is 0. The van der Waals surface area contributed by atoms with Gasteiger partial charge in [0.25, 0.3) is 0 Å². The summed E-state index contributed by atoms with van der Waals surface area (Å²) in [6, 6.07) is 0.632. The molecule has 0 saturated carbocycles. The molecule has 1 unspecified atom stereocenters. The maximum atomic E-state index is 4.01. The summed E-state index contributed by atoms with van der Waals surface area (Å²) in [5.41, 5.74) is 4.01. The molecule has 2 nitrogen and oxygen atoms in total. The second kappa shape index (κ2) is 3.94. The molecular formula is C8H20N2+2. The zero-order valence-electron chi connectivity index (χ0n) is 7.03. The van der Waals surface area contributed by atoms with Crippen molar-refractivity contribution in [1.29, 1.82) is 0 Å². The summed E-state index contributed by atoms with van der Waals surface area (Å²) in [4.78, 5) is 1.77. The van der Waals surface area contributed by atoms with Crippen LogP contribution < -0.4 is 10.6 Å². The number of nitrogens with one attached hydrogen (secondary N) is 1. The van der Waals surface area contributed by atoms with Crippen LogP contribution in [0.2, 0.25) is 0 Å². The summed E-state index contributed by atoms with van der Waals surface area (Å²) in [5.74, 6) is 0. The van der Waals surface area contributed by atoms with E-state index < -0.39 is 0 Å². The fourth-order valence-electron chi connectivity index (χ4n) is 1.75. The van der Waals surface area contributed by atoms with Crippen molar-refractivity contribution in [2.45, 2.75) is 32.2 Å². The first kappa shape index (κ1) is 8.02. The van der Waals surface area contributed by atoms with Gasteiger partial charge in [-0.25, -0.2) is 0 Å². The molecule has 1 aliphatic rings. The second-order valence-corrected chi connectivity index (χ2v) is 3.62. The Labute approximate surface area is 63.4 Å². The minimum absolute atomic E-state index is 0.632. The van der Waals surface area contributed by atoms with Gasteiger partial charge in [-0.05, 0) is 26.2 Å². The number of piperidine rings is 1. The van der Waals surface area contributed by atoms with E-state index in [1.165, 1.54) is 38.9 Å². The Morgan fingerprint density at radius 3 is 2.40 bits per heavy atom. The molecule has 0 aromatic heterocycles. The van der Waals surface area contributed by atoms with Gasteiger partial charge >= 0.3 is 0 Å². The molecule has 0 radical (unpaired) electrons. The Morgan fingerprint density at radius 1 is 1.30 bits per heavy atom. The van der Waals surface area contributed by atoms with Gasteiger partial charge in [-0.2, -0.15) is 0 Å². The van der Waals surface area contributed by atoms with Gasteiger partial charge < -0.3 is 10.6 Å². The molecule has 1 aliphatic heterocycles. The Balaban J connectivity index is 2.13. The first-order chi connectivity index (χ1) is 4.79. The van der Waals surface area contributed by atoms with E-state index >= 15 is 0 Å². The van der Waals surface area contributed by atoms with Crippen LogP contribution in [0, 0.1) is 0 Å². The van der Waals surface area contributed by atoms with E-state index in [9.17, 15) is 0 Å². The van der Waals surface area contributed by atoms with Crippen molar-refractivity contribution in [3.05, 3.63) is 0 Å². The highest BCUT2D eigenvalue weighted by molar-refractivity contribution is 4.47. The van der Waals surface area contributed by atoms with Crippen LogP contribution in [0.3, 0.4) is 0 Å². The highest BCUT2D eigenvalue weighted by Crippen LogP contribution is 1.93. The predicted molar refractivity (Wildman–Crippen MR) is 41.8 cm³/mol. The van der Waals surface area contributed by atoms with Crippen LogP contribution in [0.25, 0.3) is 0 Å². The number of hydrogen-bond acceptors (Lipinski definition) is 0. The van der Waals surface area contributed by atoms with Crippen molar-refractivity contribution in [2.24, 2.45) is 0 Å². The van der Waals surface area contributed by atoms with Gasteiger partial charge in [0.1, 0.15) is 12.6 Å². The lowest BCUT2D eigenvalue weighted by Crippen LogP contribution is -3.15. The topological polar surface area (TPSA) is 32.1 Å². The van der Waals surface area contributed by atoms with E-state index in [1.54, 1.807) is 4.90 Å². The molecule has 0 aromatic carbocycles. The molecule has 4 N–H and O–H groups in total. The average Bonchev–Trinajstić information content (AvgIpc) is 1.88. The van der Waals surface area contributed by atoms with E-state index in [2.05, 4.69) is 12.7 Å². The number of hydrogen-bond donors (Lipinski definition) is 2. The normalized spacial score (nSPS) is 24.6. The molecular weight excluding hydrogens is 124 g/mol. The second-order valence-electron chi connectivity index (χ2n) is 3.62. The van der Waals surface area contributed by atoms with E-state index in [1.807, 2.05) is 0 Å². The van der Waals surface area contributed by atoms with Crippen molar-refractivity contribution in [2.75, 3.05) is 19.6 Å². The van der Waals surface area contributed by atoms with Crippen molar-refractivity contribution in [3.63, 3.8) is 0 Å². The van der Waals surface area contributed by atoms with Crippen LogP contribution in [0.4, 0.5) is 0 Å². The fraction of sp³-hybridized carbons (Fsp3) is 1.00. The lowest BCUT2D eigenvalue weighted by molar-refractivity contribution is -0.913. The average molecular weight is 144 g/mol. The summed E-state index contributed by atoms with van der Waals surface area (Å²) >= 11 is 0. The third-order valence-electron chi connectivity index (χ3n) is 2.20. The molecule has 0 bridgehead atoms. The van der Waals surface area contributed by atoms with Crippen LogP contribution in [0.5, 0.6) is 0 Å². The van der Waals surface area contributed by atoms with Gasteiger partial charge in [0.2, 0.25) is 0 Å². The Bertz CT molecular complexity index is 85.3. The quantitative estimate of drug-likeness (QED) is 0.482. The maximum Gasteiger partial charge on any atom is 0.131 e. The minimum Gasteiger partial charge on any atom is -0.351 e. The lowest BCUT2D eigenvalue weighted by atomic mass is 10.1. The zero-order valence-corrected chi connectivity index (χ0v) is 7.03. The zero-order chi connectivity index (χ0) is 7.40. The van der Waals surface area contributed by atoms with Crippen LogP contribution in [-0.2, 0) is 0 Å². The van der Waals surface area contributed by atoms with Crippen LogP contribution in [0.1, 0.15) is 26.2 Å². The Hall–Kier alpha value is -0.0800. The summed E-state index contributed by atoms with van der Waals surface area (Å²) in [6.07, 6.45) is 4.32. The number of quaternary nitrogens is 2. The molecule has 1 heterocycles. The van der Waals surface area contributed by atoms with Crippen LogP contribution in [0.15, 0.2) is 0 Å². The molecule has 0 amide bonds. The highest BCUT2D eigenvalue weighted by Gasteiger charge is 2.15. The third-order valence-corrected chi connectivity index (χ3v) is 2.20. The molecule has 1 fully saturated rings. The van der Waals surface area contributed by atoms with Crippen molar-refractivity contribution >= 4 is 0 Å². The van der Waals surface area contributed by atoms with Crippen LogP contribution >= 0.6 is 0 Å². The molecule has 0 spiro atoms. The summed E-state index contributed by atoms with van der Waals surface area (Å²) in [6.45, 7) is 6.27. The van der Waals surface area contributed by atoms with Gasteiger partial charge in [-0.1, -0.05) is 0 Å².